The first-order valence-corrected chi connectivity index (χ1v) is 27.7. The summed E-state index contributed by atoms with van der Waals surface area (Å²) in [5, 5.41) is 10.6. The Morgan fingerprint density at radius 3 is 2.30 bits per heavy atom. The molecule has 3 amide bonds. The van der Waals surface area contributed by atoms with Crippen molar-refractivity contribution in [1.29, 1.82) is 0 Å². The Morgan fingerprint density at radius 1 is 0.886 bits per heavy atom. The van der Waals surface area contributed by atoms with E-state index in [1.807, 2.05) is 47.9 Å². The number of imide groups is 1. The van der Waals surface area contributed by atoms with Crippen LogP contribution in [-0.4, -0.2) is 121 Å². The Morgan fingerprint density at radius 2 is 1.61 bits per heavy atom. The van der Waals surface area contributed by atoms with Crippen molar-refractivity contribution in [1.82, 2.24) is 30.1 Å². The van der Waals surface area contributed by atoms with Gasteiger partial charge in [0.25, 0.3) is 0 Å². The van der Waals surface area contributed by atoms with Gasteiger partial charge in [0, 0.05) is 110 Å². The third kappa shape index (κ3) is 10.4. The highest BCUT2D eigenvalue weighted by Gasteiger charge is 2.37. The van der Waals surface area contributed by atoms with Crippen molar-refractivity contribution in [2.75, 3.05) is 92.7 Å². The predicted octanol–water partition coefficient (Wildman–Crippen LogP) is 8.23. The Labute approximate surface area is 415 Å². The van der Waals surface area contributed by atoms with E-state index in [9.17, 15) is 18.9 Å². The van der Waals surface area contributed by atoms with Gasteiger partial charge < -0.3 is 34.6 Å². The van der Waals surface area contributed by atoms with Gasteiger partial charge in [0.15, 0.2) is 0 Å². The number of pyridine rings is 1. The molecule has 2 aromatic heterocycles. The molecule has 70 heavy (non-hydrogen) atoms. The smallest absolute Gasteiger partial charge is 0.234 e. The van der Waals surface area contributed by atoms with Crippen LogP contribution in [0.4, 0.5) is 43.3 Å². The van der Waals surface area contributed by atoms with Crippen LogP contribution in [0.25, 0.3) is 10.9 Å². The number of nitrogens with zero attached hydrogens (tertiary/aromatic N) is 7. The number of aromatic nitrogens is 3. The largest absolute Gasteiger partial charge is 0.492 e. The number of carbonyl (C=O) groups is 3. The first kappa shape index (κ1) is 49.3. The second-order valence-corrected chi connectivity index (χ2v) is 23.1. The van der Waals surface area contributed by atoms with E-state index >= 15 is 8.78 Å². The first-order chi connectivity index (χ1) is 33.6. The summed E-state index contributed by atoms with van der Waals surface area (Å²) < 4.78 is 51.2. The average Bonchev–Trinajstić information content (AvgIpc) is 3.84. The zero-order chi connectivity index (χ0) is 49.4. The van der Waals surface area contributed by atoms with Crippen LogP contribution in [0.2, 0.25) is 0 Å². The number of aryl methyl sites for hydroxylation is 2. The van der Waals surface area contributed by atoms with E-state index in [0.717, 1.165) is 73.4 Å². The lowest BCUT2D eigenvalue weighted by Crippen LogP contribution is -2.55. The predicted molar refractivity (Wildman–Crippen MR) is 274 cm³/mol. The summed E-state index contributed by atoms with van der Waals surface area (Å²) in [5.41, 5.74) is 5.46. The zero-order valence-corrected chi connectivity index (χ0v) is 42.8. The maximum Gasteiger partial charge on any atom is 0.234 e. The van der Waals surface area contributed by atoms with Crippen LogP contribution in [0.15, 0.2) is 59.2 Å². The van der Waals surface area contributed by atoms with E-state index in [-0.39, 0.29) is 30.2 Å². The lowest BCUT2D eigenvalue weighted by Gasteiger charge is -2.44. The third-order valence-corrected chi connectivity index (χ3v) is 16.3. The second kappa shape index (κ2) is 20.6. The minimum Gasteiger partial charge on any atom is -0.492 e. The molecule has 0 radical (unpaired) electrons. The number of hydrogen-bond donors (Lipinski definition) is 3. The maximum absolute atomic E-state index is 15.3. The van der Waals surface area contributed by atoms with Crippen molar-refractivity contribution in [2.45, 2.75) is 71.3 Å². The molecule has 370 valence electrons. The number of nitrogens with one attached hydrogen (secondary N) is 3. The van der Waals surface area contributed by atoms with Crippen molar-refractivity contribution in [3.8, 4) is 5.75 Å². The molecule has 3 N–H and O–H groups in total. The van der Waals surface area contributed by atoms with Crippen LogP contribution in [0, 0.1) is 24.5 Å². The van der Waals surface area contributed by atoms with Gasteiger partial charge in [0.05, 0.1) is 39.8 Å². The van der Waals surface area contributed by atoms with Gasteiger partial charge in [-0.25, -0.2) is 13.8 Å². The van der Waals surface area contributed by atoms with E-state index in [4.69, 9.17) is 9.72 Å². The van der Waals surface area contributed by atoms with Gasteiger partial charge in [-0.05, 0) is 117 Å². The summed E-state index contributed by atoms with van der Waals surface area (Å²) >= 11 is 3.62. The molecule has 5 aromatic rings. The molecule has 2 atom stereocenters. The van der Waals surface area contributed by atoms with Crippen LogP contribution in [0.3, 0.4) is 0 Å². The number of benzene rings is 3. The summed E-state index contributed by atoms with van der Waals surface area (Å²) in [7, 11) is -2.75. The molecule has 19 heteroatoms. The number of hydrogen-bond acceptors (Lipinski definition) is 13. The molecular formula is C51H60BrF2N10O5P. The van der Waals surface area contributed by atoms with Gasteiger partial charge in [-0.2, -0.15) is 4.98 Å². The van der Waals surface area contributed by atoms with Gasteiger partial charge in [-0.1, -0.05) is 13.0 Å². The fraction of sp³-hybridized carbons (Fsp3) is 0.451. The summed E-state index contributed by atoms with van der Waals surface area (Å²) in [4.78, 5) is 60.6. The highest BCUT2D eigenvalue weighted by Crippen LogP contribution is 2.43. The topological polar surface area (TPSA) is 165 Å². The number of fused-ring (bicyclic) bond motifs is 1. The minimum atomic E-state index is -2.75. The Balaban J connectivity index is 0.805. The van der Waals surface area contributed by atoms with Crippen molar-refractivity contribution in [3.05, 3.63) is 87.7 Å². The van der Waals surface area contributed by atoms with Crippen LogP contribution in [-0.2, 0) is 25.4 Å². The second-order valence-electron chi connectivity index (χ2n) is 19.1. The van der Waals surface area contributed by atoms with Crippen LogP contribution < -0.4 is 35.8 Å². The molecule has 4 aliphatic rings. The summed E-state index contributed by atoms with van der Waals surface area (Å²) in [6.45, 7) is 15.5. The van der Waals surface area contributed by atoms with E-state index in [1.54, 1.807) is 19.5 Å². The third-order valence-electron chi connectivity index (χ3n) is 14.1. The molecule has 15 nitrogen and oxygen atoms in total. The molecule has 4 aliphatic heterocycles. The van der Waals surface area contributed by atoms with E-state index in [1.165, 1.54) is 17.7 Å². The standard InChI is InChI=1S/C51H60BrF2N10O5P/c1-6-31-24-42(58-51-55-28-37(52)48(60-51)57-41-12-11-40-35(9-8-30(3)56-40)47(41)70(4,5)68)44(69-7-2)27-43(31)62-18-15-33(16-19-62)61-20-22-63(23-21-61)50(67)32-14-17-64(29-32)34-25-38(53)46(39(54)26-34)36-10-13-45(65)59-49(36)66/h8-9,11-12,24-28,32-33,36H,6-7,10,13-23,29H2,1-5H3,(H,59,65,66)(H2,55,57,58,60). The monoisotopic (exact) mass is 1040 g/mol. The van der Waals surface area contributed by atoms with E-state index in [0.29, 0.717) is 83.9 Å². The number of amides is 3. The van der Waals surface area contributed by atoms with Gasteiger partial charge in [-0.15, -0.1) is 0 Å². The number of piperidine rings is 2. The molecule has 4 saturated heterocycles. The zero-order valence-electron chi connectivity index (χ0n) is 40.3. The maximum atomic E-state index is 15.3. The van der Waals surface area contributed by atoms with E-state index in [2.05, 4.69) is 70.7 Å². The molecule has 0 aliphatic carbocycles. The number of rotatable bonds is 13. The SMILES string of the molecule is CCOc1cc(N2CCC(N3CCN(C(=O)C4CCN(c5cc(F)c(C6CCC(=O)NC6=O)c(F)c5)C4)CC3)CC2)c(CC)cc1Nc1ncc(Br)c(Nc2ccc3nc(C)ccc3c2P(C)(C)=O)n1. The molecule has 6 heterocycles. The Bertz CT molecular complexity index is 2860. The summed E-state index contributed by atoms with van der Waals surface area (Å²) in [6.07, 6.45) is 5.12. The number of ether oxygens (including phenoxy) is 1. The van der Waals surface area contributed by atoms with Crippen molar-refractivity contribution >= 4 is 91.5 Å². The molecule has 3 aromatic carbocycles. The van der Waals surface area contributed by atoms with Crippen molar-refractivity contribution in [3.63, 3.8) is 0 Å². The number of carbonyl (C=O) groups excluding carboxylic acids is 3. The number of piperazine rings is 1. The van der Waals surface area contributed by atoms with Crippen LogP contribution in [0.5, 0.6) is 5.75 Å². The van der Waals surface area contributed by atoms with E-state index < -0.39 is 36.5 Å². The quantitative estimate of drug-likeness (QED) is 0.0764. The lowest BCUT2D eigenvalue weighted by atomic mass is 9.89. The molecule has 2 unspecified atom stereocenters. The fourth-order valence-corrected chi connectivity index (χ4v) is 12.4. The van der Waals surface area contributed by atoms with Crippen LogP contribution in [0.1, 0.15) is 68.7 Å². The fourth-order valence-electron chi connectivity index (χ4n) is 10.6. The molecule has 0 spiro atoms. The Hall–Kier alpha value is -5.71. The highest BCUT2D eigenvalue weighted by atomic mass is 79.9. The average molecular weight is 1040 g/mol. The lowest BCUT2D eigenvalue weighted by molar-refractivity contribution is -0.137. The highest BCUT2D eigenvalue weighted by molar-refractivity contribution is 9.10. The Kier molecular flexibility index (Phi) is 14.5. The van der Waals surface area contributed by atoms with Gasteiger partial charge in [0.1, 0.15) is 30.3 Å². The van der Waals surface area contributed by atoms with Crippen LogP contribution >= 0.6 is 23.1 Å². The summed E-state index contributed by atoms with van der Waals surface area (Å²) in [6, 6.07) is 14.9. The molecular weight excluding hydrogens is 981 g/mol. The van der Waals surface area contributed by atoms with Gasteiger partial charge >= 0.3 is 0 Å². The summed E-state index contributed by atoms with van der Waals surface area (Å²) in [5.74, 6) is -2.46. The van der Waals surface area contributed by atoms with Gasteiger partial charge in [-0.3, -0.25) is 29.6 Å². The molecule has 9 rings (SSSR count). The minimum absolute atomic E-state index is 0.0263. The first-order valence-electron chi connectivity index (χ1n) is 24.3. The van der Waals surface area contributed by atoms with Gasteiger partial charge in [0.2, 0.25) is 23.7 Å². The molecule has 0 bridgehead atoms. The molecule has 4 fully saturated rings. The number of anilines is 6. The number of halogens is 3. The normalized spacial score (nSPS) is 19.5. The van der Waals surface area contributed by atoms with Crippen molar-refractivity contribution in [2.24, 2.45) is 5.92 Å². The van der Waals surface area contributed by atoms with Crippen molar-refractivity contribution < 1.29 is 32.5 Å². The molecule has 0 saturated carbocycles.